The molecular weight excluding hydrogens is 1260 g/mol. The molecule has 2 unspecified atom stereocenters. The molecule has 0 aliphatic rings. The molecule has 0 saturated carbocycles. The van der Waals surface area contributed by atoms with Crippen molar-refractivity contribution in [3.05, 3.63) is 0 Å². The third kappa shape index (κ3) is 70.5. The molecule has 0 rings (SSSR count). The monoisotopic (exact) mass is 1410 g/mol. The zero-order chi connectivity index (χ0) is 70.9. The van der Waals surface area contributed by atoms with Crippen LogP contribution in [0.3, 0.4) is 0 Å². The maximum Gasteiger partial charge on any atom is 0.472 e. The van der Waals surface area contributed by atoms with Gasteiger partial charge in [0.05, 0.1) is 26.4 Å². The molecule has 0 amide bonds. The summed E-state index contributed by atoms with van der Waals surface area (Å²) in [5.74, 6) is 0.0598. The van der Waals surface area contributed by atoms with Crippen LogP contribution in [0.4, 0.5) is 0 Å². The zero-order valence-electron chi connectivity index (χ0n) is 62.8. The fraction of sp³-hybridized carbons (Fsp3) is 0.948. The minimum atomic E-state index is -4.96. The lowest BCUT2D eigenvalue weighted by molar-refractivity contribution is -0.161. The predicted molar refractivity (Wildman–Crippen MR) is 391 cm³/mol. The number of phosphoric acid groups is 2. The van der Waals surface area contributed by atoms with Gasteiger partial charge in [0.25, 0.3) is 0 Å². The standard InChI is InChI=1S/C77H150O17P2/c1-8-9-10-11-12-13-14-15-16-17-18-19-22-26-29-32-37-46-53-60-76(81)93-72(64-87-74(79)58-51-44-36-31-28-25-23-20-21-24-27-30-34-41-48-55-68(2)3)66-91-95(83,84)89-62-71(78)63-90-96(85,86)92-67-73(65-88-75(80)59-52-45-40-39-43-50-57-70(6)7)94-77(82)61-54-47-38-33-35-42-49-56-69(4)5/h68-73,78H,8-67H2,1-7H3,(H,83,84)(H,85,86)/t71-,72-,73-/m1/s1. The third-order valence-electron chi connectivity index (χ3n) is 17.9. The third-order valence-corrected chi connectivity index (χ3v) is 19.8. The summed E-state index contributed by atoms with van der Waals surface area (Å²) in [4.78, 5) is 72.7. The summed E-state index contributed by atoms with van der Waals surface area (Å²) in [6.45, 7) is 11.8. The topological polar surface area (TPSA) is 237 Å². The van der Waals surface area contributed by atoms with Gasteiger partial charge in [-0.3, -0.25) is 37.3 Å². The van der Waals surface area contributed by atoms with Gasteiger partial charge in [-0.15, -0.1) is 0 Å². The lowest BCUT2D eigenvalue weighted by Gasteiger charge is -2.21. The van der Waals surface area contributed by atoms with Crippen molar-refractivity contribution in [1.82, 2.24) is 0 Å². The van der Waals surface area contributed by atoms with Gasteiger partial charge >= 0.3 is 39.5 Å². The van der Waals surface area contributed by atoms with Gasteiger partial charge in [-0.2, -0.15) is 0 Å². The van der Waals surface area contributed by atoms with E-state index in [1.165, 1.54) is 199 Å². The van der Waals surface area contributed by atoms with Crippen LogP contribution >= 0.6 is 15.6 Å². The Labute approximate surface area is 588 Å². The molecule has 5 atom stereocenters. The minimum absolute atomic E-state index is 0.102. The molecule has 17 nitrogen and oxygen atoms in total. The lowest BCUT2D eigenvalue weighted by atomic mass is 10.0. The van der Waals surface area contributed by atoms with E-state index < -0.39 is 97.5 Å². The van der Waals surface area contributed by atoms with Crippen LogP contribution in [-0.2, 0) is 65.4 Å². The molecule has 3 N–H and O–H groups in total. The predicted octanol–water partition coefficient (Wildman–Crippen LogP) is 22.6. The van der Waals surface area contributed by atoms with E-state index in [4.69, 9.17) is 37.0 Å². The highest BCUT2D eigenvalue weighted by Gasteiger charge is 2.30. The van der Waals surface area contributed by atoms with Crippen LogP contribution in [0.1, 0.15) is 395 Å². The van der Waals surface area contributed by atoms with Crippen LogP contribution in [0.25, 0.3) is 0 Å². The first kappa shape index (κ1) is 94.1. The molecule has 0 bridgehead atoms. The van der Waals surface area contributed by atoms with E-state index >= 15 is 0 Å². The highest BCUT2D eigenvalue weighted by atomic mass is 31.2. The molecule has 0 spiro atoms. The SMILES string of the molecule is CCCCCCCCCCCCCCCCCCCCCC(=O)O[C@H](COC(=O)CCCCCCCCCCCCCCCCCC(C)C)COP(=O)(O)OC[C@@H](O)COP(=O)(O)OC[C@@H](COC(=O)CCCCCCCCC(C)C)OC(=O)CCCCCCCCCC(C)C. The van der Waals surface area contributed by atoms with Crippen LogP contribution in [0.2, 0.25) is 0 Å². The molecule has 0 aliphatic heterocycles. The first-order valence-corrected chi connectivity index (χ1v) is 42.8. The Balaban J connectivity index is 5.20. The van der Waals surface area contributed by atoms with Crippen molar-refractivity contribution in [2.24, 2.45) is 17.8 Å². The highest BCUT2D eigenvalue weighted by molar-refractivity contribution is 7.47. The van der Waals surface area contributed by atoms with Crippen molar-refractivity contribution in [3.8, 4) is 0 Å². The van der Waals surface area contributed by atoms with Gasteiger partial charge in [-0.1, -0.05) is 344 Å². The van der Waals surface area contributed by atoms with Crippen molar-refractivity contribution < 1.29 is 80.2 Å². The molecular formula is C77H150O17P2. The normalized spacial score (nSPS) is 14.1. The van der Waals surface area contributed by atoms with Crippen LogP contribution in [-0.4, -0.2) is 96.7 Å². The maximum absolute atomic E-state index is 13.1. The van der Waals surface area contributed by atoms with Crippen LogP contribution in [0.5, 0.6) is 0 Å². The van der Waals surface area contributed by atoms with Crippen molar-refractivity contribution in [3.63, 3.8) is 0 Å². The molecule has 0 aromatic rings. The molecule has 19 heteroatoms. The van der Waals surface area contributed by atoms with E-state index in [1.54, 1.807) is 0 Å². The molecule has 0 fully saturated rings. The first-order chi connectivity index (χ1) is 46.2. The molecule has 0 radical (unpaired) electrons. The Hall–Kier alpha value is -1.94. The molecule has 570 valence electrons. The number of unbranched alkanes of at least 4 members (excludes halogenated alkanes) is 43. The van der Waals surface area contributed by atoms with Crippen molar-refractivity contribution in [2.75, 3.05) is 39.6 Å². The summed E-state index contributed by atoms with van der Waals surface area (Å²) in [7, 11) is -9.91. The number of rotatable bonds is 75. The fourth-order valence-electron chi connectivity index (χ4n) is 11.8. The van der Waals surface area contributed by atoms with Gasteiger partial charge in [0, 0.05) is 25.7 Å². The van der Waals surface area contributed by atoms with Crippen molar-refractivity contribution in [1.29, 1.82) is 0 Å². The van der Waals surface area contributed by atoms with Gasteiger partial charge in [0.15, 0.2) is 12.2 Å². The van der Waals surface area contributed by atoms with E-state index in [0.29, 0.717) is 37.5 Å². The van der Waals surface area contributed by atoms with E-state index in [-0.39, 0.29) is 25.7 Å². The van der Waals surface area contributed by atoms with E-state index in [1.807, 2.05) is 0 Å². The van der Waals surface area contributed by atoms with Crippen LogP contribution in [0, 0.1) is 17.8 Å². The number of ether oxygens (including phenoxy) is 4. The average molecular weight is 1410 g/mol. The molecule has 0 aromatic heterocycles. The Kier molecular flexibility index (Phi) is 66.2. The van der Waals surface area contributed by atoms with Crippen LogP contribution < -0.4 is 0 Å². The number of aliphatic hydroxyl groups excluding tert-OH is 1. The van der Waals surface area contributed by atoms with Crippen molar-refractivity contribution in [2.45, 2.75) is 414 Å². The quantitative estimate of drug-likeness (QED) is 0.0222. The van der Waals surface area contributed by atoms with Gasteiger partial charge in [0.1, 0.15) is 19.3 Å². The van der Waals surface area contributed by atoms with E-state index in [9.17, 15) is 43.2 Å². The number of esters is 4. The van der Waals surface area contributed by atoms with Crippen molar-refractivity contribution >= 4 is 39.5 Å². The summed E-state index contributed by atoms with van der Waals surface area (Å²) in [5, 5.41) is 10.6. The fourth-order valence-corrected chi connectivity index (χ4v) is 13.4. The van der Waals surface area contributed by atoms with E-state index in [2.05, 4.69) is 48.5 Å². The molecule has 0 saturated heterocycles. The zero-order valence-corrected chi connectivity index (χ0v) is 64.6. The summed E-state index contributed by atoms with van der Waals surface area (Å²) < 4.78 is 68.5. The largest absolute Gasteiger partial charge is 0.472 e. The average Bonchev–Trinajstić information content (AvgIpc) is 2.27. The number of carbonyl (C=O) groups is 4. The molecule has 0 heterocycles. The van der Waals surface area contributed by atoms with Crippen LogP contribution in [0.15, 0.2) is 0 Å². The van der Waals surface area contributed by atoms with E-state index in [0.717, 1.165) is 102 Å². The summed E-state index contributed by atoms with van der Waals surface area (Å²) in [5.41, 5.74) is 0. The Morgan fingerprint density at radius 3 is 0.708 bits per heavy atom. The second kappa shape index (κ2) is 67.5. The summed E-state index contributed by atoms with van der Waals surface area (Å²) in [6.07, 6.45) is 54.5. The Bertz CT molecular complexity index is 1870. The Morgan fingerprint density at radius 2 is 0.479 bits per heavy atom. The smallest absolute Gasteiger partial charge is 0.462 e. The minimum Gasteiger partial charge on any atom is -0.462 e. The van der Waals surface area contributed by atoms with Gasteiger partial charge < -0.3 is 33.8 Å². The number of carbonyl (C=O) groups excluding carboxylic acids is 4. The second-order valence-corrected chi connectivity index (χ2v) is 32.1. The van der Waals surface area contributed by atoms with Gasteiger partial charge in [0.2, 0.25) is 0 Å². The number of aliphatic hydroxyl groups is 1. The maximum atomic E-state index is 13.1. The molecule has 0 aliphatic carbocycles. The molecule has 96 heavy (non-hydrogen) atoms. The summed E-state index contributed by atoms with van der Waals surface area (Å²) in [6, 6.07) is 0. The highest BCUT2D eigenvalue weighted by Crippen LogP contribution is 2.45. The number of hydrogen-bond acceptors (Lipinski definition) is 15. The first-order valence-electron chi connectivity index (χ1n) is 39.8. The summed E-state index contributed by atoms with van der Waals surface area (Å²) >= 11 is 0. The molecule has 0 aromatic carbocycles. The van der Waals surface area contributed by atoms with Gasteiger partial charge in [-0.05, 0) is 43.4 Å². The number of phosphoric ester groups is 2. The Morgan fingerprint density at radius 1 is 0.281 bits per heavy atom. The number of hydrogen-bond donors (Lipinski definition) is 3. The van der Waals surface area contributed by atoms with Gasteiger partial charge in [-0.25, -0.2) is 9.13 Å². The lowest BCUT2D eigenvalue weighted by Crippen LogP contribution is -2.30. The second-order valence-electron chi connectivity index (χ2n) is 29.2.